The van der Waals surface area contributed by atoms with Gasteiger partial charge in [-0.3, -0.25) is 0 Å². The smallest absolute Gasteiger partial charge is 0.135 e. The van der Waals surface area contributed by atoms with E-state index in [9.17, 15) is 4.39 Å². The van der Waals surface area contributed by atoms with Crippen LogP contribution in [0.2, 0.25) is 0 Å². The van der Waals surface area contributed by atoms with E-state index in [2.05, 4.69) is 10.3 Å². The standard InChI is InChI=1S/C14H16FN3/c1-3-18(12-7-4-6-11(15)10-12)14-9-5-8-13(16-2)17-14/h4-10H,3H2,1-2H3,(H,16,17). The molecule has 1 aromatic carbocycles. The van der Waals surface area contributed by atoms with Crippen molar-refractivity contribution in [3.8, 4) is 0 Å². The topological polar surface area (TPSA) is 28.2 Å². The highest BCUT2D eigenvalue weighted by molar-refractivity contribution is 5.61. The molecule has 0 amide bonds. The molecule has 0 unspecified atom stereocenters. The molecule has 1 heterocycles. The Hall–Kier alpha value is -2.10. The first-order chi connectivity index (χ1) is 8.74. The first kappa shape index (κ1) is 12.4. The summed E-state index contributed by atoms with van der Waals surface area (Å²) in [5.74, 6) is 1.35. The van der Waals surface area contributed by atoms with Crippen LogP contribution in [0.4, 0.5) is 21.7 Å². The fourth-order valence-electron chi connectivity index (χ4n) is 1.83. The van der Waals surface area contributed by atoms with E-state index in [4.69, 9.17) is 0 Å². The van der Waals surface area contributed by atoms with Crippen molar-refractivity contribution in [3.05, 3.63) is 48.3 Å². The normalized spacial score (nSPS) is 10.2. The molecule has 3 nitrogen and oxygen atoms in total. The van der Waals surface area contributed by atoms with Crippen LogP contribution in [-0.2, 0) is 0 Å². The molecule has 0 aliphatic heterocycles. The number of halogens is 1. The number of aromatic nitrogens is 1. The van der Waals surface area contributed by atoms with Crippen molar-refractivity contribution in [2.24, 2.45) is 0 Å². The highest BCUT2D eigenvalue weighted by atomic mass is 19.1. The van der Waals surface area contributed by atoms with E-state index in [1.807, 2.05) is 43.1 Å². The largest absolute Gasteiger partial charge is 0.373 e. The zero-order valence-electron chi connectivity index (χ0n) is 10.5. The summed E-state index contributed by atoms with van der Waals surface area (Å²) in [6.45, 7) is 2.74. The number of hydrogen-bond donors (Lipinski definition) is 1. The quantitative estimate of drug-likeness (QED) is 0.894. The van der Waals surface area contributed by atoms with Gasteiger partial charge in [0.05, 0.1) is 0 Å². The number of hydrogen-bond acceptors (Lipinski definition) is 3. The predicted molar refractivity (Wildman–Crippen MR) is 72.9 cm³/mol. The zero-order valence-corrected chi connectivity index (χ0v) is 10.5. The summed E-state index contributed by atoms with van der Waals surface area (Å²) in [5.41, 5.74) is 0.804. The van der Waals surface area contributed by atoms with Gasteiger partial charge in [0, 0.05) is 19.3 Å². The maximum absolute atomic E-state index is 13.3. The number of nitrogens with one attached hydrogen (secondary N) is 1. The lowest BCUT2D eigenvalue weighted by atomic mass is 10.2. The molecule has 1 aromatic heterocycles. The van der Waals surface area contributed by atoms with Gasteiger partial charge in [0.2, 0.25) is 0 Å². The minimum absolute atomic E-state index is 0.240. The molecule has 0 atom stereocenters. The molecule has 0 radical (unpaired) electrons. The summed E-state index contributed by atoms with van der Waals surface area (Å²) >= 11 is 0. The first-order valence-electron chi connectivity index (χ1n) is 5.92. The number of anilines is 3. The molecule has 0 fully saturated rings. The van der Waals surface area contributed by atoms with Crippen LogP contribution in [-0.4, -0.2) is 18.6 Å². The van der Waals surface area contributed by atoms with Crippen molar-refractivity contribution in [2.75, 3.05) is 23.8 Å². The molecule has 0 bridgehead atoms. The van der Waals surface area contributed by atoms with E-state index in [0.29, 0.717) is 0 Å². The summed E-state index contributed by atoms with van der Waals surface area (Å²) in [4.78, 5) is 6.42. The summed E-state index contributed by atoms with van der Waals surface area (Å²) < 4.78 is 13.3. The Morgan fingerprint density at radius 1 is 1.22 bits per heavy atom. The van der Waals surface area contributed by atoms with Crippen LogP contribution in [0.1, 0.15) is 6.92 Å². The van der Waals surface area contributed by atoms with Crippen LogP contribution in [0, 0.1) is 5.82 Å². The molecule has 4 heteroatoms. The van der Waals surface area contributed by atoms with E-state index in [1.165, 1.54) is 12.1 Å². The fraction of sp³-hybridized carbons (Fsp3) is 0.214. The number of rotatable bonds is 4. The van der Waals surface area contributed by atoms with Crippen molar-refractivity contribution < 1.29 is 4.39 Å². The Labute approximate surface area is 106 Å². The minimum Gasteiger partial charge on any atom is -0.373 e. The maximum Gasteiger partial charge on any atom is 0.135 e. The number of pyridine rings is 1. The molecule has 1 N–H and O–H groups in total. The highest BCUT2D eigenvalue weighted by Gasteiger charge is 2.09. The zero-order chi connectivity index (χ0) is 13.0. The third kappa shape index (κ3) is 2.59. The van der Waals surface area contributed by atoms with Gasteiger partial charge >= 0.3 is 0 Å². The van der Waals surface area contributed by atoms with Crippen molar-refractivity contribution in [3.63, 3.8) is 0 Å². The van der Waals surface area contributed by atoms with Crippen molar-refractivity contribution in [2.45, 2.75) is 6.92 Å². The molecular formula is C14H16FN3. The minimum atomic E-state index is -0.240. The summed E-state index contributed by atoms with van der Waals surface area (Å²) in [6.07, 6.45) is 0. The van der Waals surface area contributed by atoms with Crippen LogP contribution < -0.4 is 10.2 Å². The van der Waals surface area contributed by atoms with Crippen LogP contribution >= 0.6 is 0 Å². The lowest BCUT2D eigenvalue weighted by Gasteiger charge is -2.22. The lowest BCUT2D eigenvalue weighted by molar-refractivity contribution is 0.627. The van der Waals surface area contributed by atoms with Gasteiger partial charge in [-0.05, 0) is 37.3 Å². The molecule has 0 aliphatic rings. The number of benzene rings is 1. The second-order valence-electron chi connectivity index (χ2n) is 3.86. The molecule has 18 heavy (non-hydrogen) atoms. The summed E-state index contributed by atoms with van der Waals surface area (Å²) in [7, 11) is 1.82. The second-order valence-corrected chi connectivity index (χ2v) is 3.86. The van der Waals surface area contributed by atoms with Gasteiger partial charge in [0.1, 0.15) is 17.5 Å². The molecule has 0 aliphatic carbocycles. The van der Waals surface area contributed by atoms with Gasteiger partial charge in [-0.2, -0.15) is 0 Å². The SMILES string of the molecule is CCN(c1cccc(F)c1)c1cccc(NC)n1. The van der Waals surface area contributed by atoms with Crippen molar-refractivity contribution in [1.29, 1.82) is 0 Å². The molecular weight excluding hydrogens is 229 g/mol. The Kier molecular flexibility index (Phi) is 3.77. The van der Waals surface area contributed by atoms with Gasteiger partial charge in [0.15, 0.2) is 0 Å². The first-order valence-corrected chi connectivity index (χ1v) is 5.92. The van der Waals surface area contributed by atoms with E-state index >= 15 is 0 Å². The fourth-order valence-corrected chi connectivity index (χ4v) is 1.83. The Balaban J connectivity index is 2.38. The molecule has 0 saturated carbocycles. The second kappa shape index (κ2) is 5.49. The van der Waals surface area contributed by atoms with Crippen molar-refractivity contribution >= 4 is 17.3 Å². The van der Waals surface area contributed by atoms with Gasteiger partial charge in [-0.25, -0.2) is 9.37 Å². The van der Waals surface area contributed by atoms with E-state index in [-0.39, 0.29) is 5.82 Å². The predicted octanol–water partition coefficient (Wildman–Crippen LogP) is 3.42. The monoisotopic (exact) mass is 245 g/mol. The third-order valence-electron chi connectivity index (χ3n) is 2.70. The molecule has 0 saturated heterocycles. The van der Waals surface area contributed by atoms with Crippen LogP contribution in [0.3, 0.4) is 0 Å². The molecule has 2 aromatic rings. The number of nitrogens with zero attached hydrogens (tertiary/aromatic N) is 2. The Morgan fingerprint density at radius 3 is 2.67 bits per heavy atom. The Morgan fingerprint density at radius 2 is 2.00 bits per heavy atom. The Bertz CT molecular complexity index is 528. The third-order valence-corrected chi connectivity index (χ3v) is 2.70. The van der Waals surface area contributed by atoms with Crippen LogP contribution in [0.15, 0.2) is 42.5 Å². The maximum atomic E-state index is 13.3. The van der Waals surface area contributed by atoms with Gasteiger partial charge in [0.25, 0.3) is 0 Å². The molecule has 2 rings (SSSR count). The van der Waals surface area contributed by atoms with Crippen LogP contribution in [0.25, 0.3) is 0 Å². The molecule has 0 spiro atoms. The lowest BCUT2D eigenvalue weighted by Crippen LogP contribution is -2.17. The summed E-state index contributed by atoms with van der Waals surface area (Å²) in [6, 6.07) is 12.3. The van der Waals surface area contributed by atoms with E-state index < -0.39 is 0 Å². The van der Waals surface area contributed by atoms with Crippen molar-refractivity contribution in [1.82, 2.24) is 4.98 Å². The van der Waals surface area contributed by atoms with Gasteiger partial charge < -0.3 is 10.2 Å². The average molecular weight is 245 g/mol. The average Bonchev–Trinajstić information content (AvgIpc) is 2.40. The van der Waals surface area contributed by atoms with Gasteiger partial charge in [-0.15, -0.1) is 0 Å². The van der Waals surface area contributed by atoms with E-state index in [0.717, 1.165) is 23.9 Å². The molecule has 94 valence electrons. The van der Waals surface area contributed by atoms with Crippen LogP contribution in [0.5, 0.6) is 0 Å². The van der Waals surface area contributed by atoms with E-state index in [1.54, 1.807) is 6.07 Å². The summed E-state index contributed by atoms with van der Waals surface area (Å²) in [5, 5.41) is 3.00. The highest BCUT2D eigenvalue weighted by Crippen LogP contribution is 2.24. The van der Waals surface area contributed by atoms with Gasteiger partial charge in [-0.1, -0.05) is 12.1 Å².